The van der Waals surface area contributed by atoms with Crippen molar-refractivity contribution in [2.24, 2.45) is 4.99 Å². The summed E-state index contributed by atoms with van der Waals surface area (Å²) in [6, 6.07) is 2.28. The molecule has 1 fully saturated rings. The van der Waals surface area contributed by atoms with Crippen molar-refractivity contribution in [1.29, 1.82) is 0 Å². The Kier molecular flexibility index (Phi) is 6.47. The van der Waals surface area contributed by atoms with E-state index in [0.717, 1.165) is 38.7 Å². The summed E-state index contributed by atoms with van der Waals surface area (Å²) in [7, 11) is 0. The fourth-order valence-corrected chi connectivity index (χ4v) is 5.50. The predicted octanol–water partition coefficient (Wildman–Crippen LogP) is 2.95. The average Bonchev–Trinajstić information content (AvgIpc) is 3.21. The molecule has 1 aromatic rings. The summed E-state index contributed by atoms with van der Waals surface area (Å²) >= 11 is 3.98. The van der Waals surface area contributed by atoms with Gasteiger partial charge in [-0.25, -0.2) is 0 Å². The molecule has 1 saturated heterocycles. The number of fused-ring (bicyclic) bond motifs is 1. The van der Waals surface area contributed by atoms with E-state index in [0.29, 0.717) is 4.75 Å². The van der Waals surface area contributed by atoms with Crippen LogP contribution in [0.15, 0.2) is 16.4 Å². The Bertz CT molecular complexity index is 549. The topological polar surface area (TPSA) is 39.7 Å². The van der Waals surface area contributed by atoms with E-state index in [-0.39, 0.29) is 0 Å². The molecule has 0 radical (unpaired) electrons. The maximum atomic E-state index is 4.83. The van der Waals surface area contributed by atoms with Crippen LogP contribution in [0.2, 0.25) is 0 Å². The first-order valence-corrected chi connectivity index (χ1v) is 11.0. The molecule has 6 heteroatoms. The number of thiophene rings is 1. The first-order chi connectivity index (χ1) is 11.7. The lowest BCUT2D eigenvalue weighted by Crippen LogP contribution is -2.43. The molecule has 1 atom stereocenters. The molecule has 0 aliphatic carbocycles. The molecule has 3 rings (SSSR count). The van der Waals surface area contributed by atoms with Gasteiger partial charge < -0.3 is 10.6 Å². The summed E-state index contributed by atoms with van der Waals surface area (Å²) in [5.74, 6) is 2.26. The molecule has 2 aliphatic heterocycles. The van der Waals surface area contributed by atoms with Crippen molar-refractivity contribution in [1.82, 2.24) is 15.5 Å². The van der Waals surface area contributed by atoms with Crippen LogP contribution in [0.5, 0.6) is 0 Å². The Balaban J connectivity index is 1.44. The van der Waals surface area contributed by atoms with Crippen LogP contribution in [0, 0.1) is 0 Å². The molecule has 1 aromatic heterocycles. The van der Waals surface area contributed by atoms with Gasteiger partial charge in [-0.3, -0.25) is 9.89 Å². The van der Waals surface area contributed by atoms with E-state index in [2.05, 4.69) is 52.6 Å². The third kappa shape index (κ3) is 4.90. The zero-order valence-corrected chi connectivity index (χ0v) is 16.6. The van der Waals surface area contributed by atoms with Crippen LogP contribution in [0.25, 0.3) is 0 Å². The molecule has 4 nitrogen and oxygen atoms in total. The monoisotopic (exact) mass is 366 g/mol. The number of hydrogen-bond acceptors (Lipinski definition) is 4. The fourth-order valence-electron chi connectivity index (χ4n) is 3.38. The van der Waals surface area contributed by atoms with Crippen LogP contribution in [0.4, 0.5) is 0 Å². The highest BCUT2D eigenvalue weighted by atomic mass is 32.2. The zero-order chi connectivity index (χ0) is 16.8. The normalized spacial score (nSPS) is 24.8. The lowest BCUT2D eigenvalue weighted by molar-refractivity contribution is 0.260. The summed E-state index contributed by atoms with van der Waals surface area (Å²) in [6.07, 6.45) is 3.83. The summed E-state index contributed by atoms with van der Waals surface area (Å²) in [4.78, 5) is 8.96. The number of thioether (sulfide) groups is 1. The Hall–Kier alpha value is -0.720. The van der Waals surface area contributed by atoms with Gasteiger partial charge in [-0.05, 0) is 55.9 Å². The molecule has 0 aromatic carbocycles. The Labute approximate surface area is 154 Å². The summed E-state index contributed by atoms with van der Waals surface area (Å²) < 4.78 is 0.338. The minimum atomic E-state index is 0.338. The Morgan fingerprint density at radius 2 is 2.33 bits per heavy atom. The van der Waals surface area contributed by atoms with Gasteiger partial charge in [-0.2, -0.15) is 11.8 Å². The number of nitrogens with one attached hydrogen (secondary N) is 2. The van der Waals surface area contributed by atoms with Gasteiger partial charge in [-0.1, -0.05) is 0 Å². The van der Waals surface area contributed by atoms with E-state index < -0.39 is 0 Å². The molecule has 134 valence electrons. The third-order valence-electron chi connectivity index (χ3n) is 4.82. The lowest BCUT2D eigenvalue weighted by atomic mass is 10.1. The van der Waals surface area contributed by atoms with Crippen molar-refractivity contribution in [2.45, 2.75) is 44.4 Å². The molecule has 2 N–H and O–H groups in total. The van der Waals surface area contributed by atoms with Gasteiger partial charge >= 0.3 is 0 Å². The highest BCUT2D eigenvalue weighted by molar-refractivity contribution is 8.00. The lowest BCUT2D eigenvalue weighted by Gasteiger charge is -2.27. The minimum absolute atomic E-state index is 0.338. The second kappa shape index (κ2) is 8.59. The number of aliphatic imine (C=N–C) groups is 1. The molecule has 0 bridgehead atoms. The van der Waals surface area contributed by atoms with Crippen molar-refractivity contribution >= 4 is 29.1 Å². The van der Waals surface area contributed by atoms with Gasteiger partial charge in [0, 0.05) is 42.3 Å². The van der Waals surface area contributed by atoms with Gasteiger partial charge in [0.2, 0.25) is 0 Å². The largest absolute Gasteiger partial charge is 0.357 e. The quantitative estimate of drug-likeness (QED) is 0.600. The average molecular weight is 367 g/mol. The van der Waals surface area contributed by atoms with Crippen molar-refractivity contribution < 1.29 is 0 Å². The highest BCUT2D eigenvalue weighted by Crippen LogP contribution is 2.37. The minimum Gasteiger partial charge on any atom is -0.357 e. The van der Waals surface area contributed by atoms with Crippen LogP contribution >= 0.6 is 23.1 Å². The maximum Gasteiger partial charge on any atom is 0.191 e. The number of hydrogen-bond donors (Lipinski definition) is 2. The number of nitrogens with zero attached hydrogens (tertiary/aromatic N) is 2. The van der Waals surface area contributed by atoms with Gasteiger partial charge in [-0.15, -0.1) is 11.3 Å². The van der Waals surface area contributed by atoms with E-state index in [1.54, 1.807) is 4.88 Å². The number of guanidine groups is 1. The van der Waals surface area contributed by atoms with E-state index in [1.807, 2.05) is 11.3 Å². The van der Waals surface area contributed by atoms with Crippen molar-refractivity contribution in [3.63, 3.8) is 0 Å². The second-order valence-electron chi connectivity index (χ2n) is 6.92. The Morgan fingerprint density at radius 1 is 1.42 bits per heavy atom. The fraction of sp³-hybridized carbons (Fsp3) is 0.722. The van der Waals surface area contributed by atoms with Crippen LogP contribution < -0.4 is 10.6 Å². The maximum absolute atomic E-state index is 4.83. The highest BCUT2D eigenvalue weighted by Gasteiger charge is 2.29. The molecule has 0 spiro atoms. The third-order valence-corrected chi connectivity index (χ3v) is 7.37. The summed E-state index contributed by atoms with van der Waals surface area (Å²) in [6.45, 7) is 10.6. The van der Waals surface area contributed by atoms with Gasteiger partial charge in [0.25, 0.3) is 0 Å². The van der Waals surface area contributed by atoms with Crippen molar-refractivity contribution in [2.75, 3.05) is 38.5 Å². The predicted molar refractivity (Wildman–Crippen MR) is 107 cm³/mol. The van der Waals surface area contributed by atoms with Crippen molar-refractivity contribution in [3.05, 3.63) is 21.9 Å². The van der Waals surface area contributed by atoms with Gasteiger partial charge in [0.15, 0.2) is 5.96 Å². The first kappa shape index (κ1) is 18.1. The molecular formula is C18H30N4S2. The first-order valence-electron chi connectivity index (χ1n) is 9.12. The summed E-state index contributed by atoms with van der Waals surface area (Å²) in [5, 5.41) is 9.13. The molecule has 1 unspecified atom stereocenters. The van der Waals surface area contributed by atoms with Crippen LogP contribution in [-0.2, 0) is 13.0 Å². The molecule has 3 heterocycles. The van der Waals surface area contributed by atoms with E-state index in [4.69, 9.17) is 4.99 Å². The molecule has 0 saturated carbocycles. The van der Waals surface area contributed by atoms with E-state index >= 15 is 0 Å². The van der Waals surface area contributed by atoms with E-state index in [9.17, 15) is 0 Å². The molecule has 2 aliphatic rings. The molecular weight excluding hydrogens is 336 g/mol. The smallest absolute Gasteiger partial charge is 0.191 e. The van der Waals surface area contributed by atoms with Crippen molar-refractivity contribution in [3.8, 4) is 0 Å². The van der Waals surface area contributed by atoms with Gasteiger partial charge in [0.05, 0.1) is 6.54 Å². The van der Waals surface area contributed by atoms with Crippen LogP contribution in [0.1, 0.15) is 37.1 Å². The Morgan fingerprint density at radius 3 is 3.12 bits per heavy atom. The molecule has 24 heavy (non-hydrogen) atoms. The van der Waals surface area contributed by atoms with E-state index in [1.165, 1.54) is 37.1 Å². The summed E-state index contributed by atoms with van der Waals surface area (Å²) in [5.41, 5.74) is 1.53. The molecule has 0 amide bonds. The van der Waals surface area contributed by atoms with Crippen LogP contribution in [0.3, 0.4) is 0 Å². The second-order valence-corrected chi connectivity index (χ2v) is 9.60. The van der Waals surface area contributed by atoms with Crippen LogP contribution in [-0.4, -0.2) is 54.1 Å². The number of rotatable bonds is 6. The van der Waals surface area contributed by atoms with Gasteiger partial charge in [0.1, 0.15) is 0 Å². The SMILES string of the molecule is CCNC(=NCC1(C)CCCS1)NCCN1CCc2sccc2C1. The zero-order valence-electron chi connectivity index (χ0n) is 14.9. The standard InChI is InChI=1S/C18H30N4S2/c1-3-19-17(21-14-18(2)7-4-11-24-18)20-8-10-22-9-5-16-15(13-22)6-12-23-16/h6,12H,3-5,7-11,13-14H2,1-2H3,(H2,19,20,21).